The molecule has 17 heavy (non-hydrogen) atoms. The summed E-state index contributed by atoms with van der Waals surface area (Å²) >= 11 is 0. The molecule has 2 nitrogen and oxygen atoms in total. The second-order valence-corrected chi connectivity index (χ2v) is 6.07. The highest BCUT2D eigenvalue weighted by Crippen LogP contribution is 2.22. The van der Waals surface area contributed by atoms with Gasteiger partial charge in [-0.05, 0) is 44.2 Å². The summed E-state index contributed by atoms with van der Waals surface area (Å²) in [6, 6.07) is 0. The van der Waals surface area contributed by atoms with Gasteiger partial charge in [0.1, 0.15) is 0 Å². The minimum Gasteiger partial charge on any atom is -0.315 e. The second-order valence-electron chi connectivity index (χ2n) is 6.07. The minimum absolute atomic E-state index is 0.978. The number of nitrogens with one attached hydrogen (secondary N) is 1. The summed E-state index contributed by atoms with van der Waals surface area (Å²) in [5.41, 5.74) is 0. The van der Waals surface area contributed by atoms with Crippen molar-refractivity contribution in [2.45, 2.75) is 51.9 Å². The van der Waals surface area contributed by atoms with Gasteiger partial charge in [0.2, 0.25) is 0 Å². The van der Waals surface area contributed by atoms with E-state index in [1.807, 2.05) is 0 Å². The van der Waals surface area contributed by atoms with Crippen molar-refractivity contribution in [2.75, 3.05) is 32.7 Å². The fourth-order valence-corrected chi connectivity index (χ4v) is 3.38. The highest BCUT2D eigenvalue weighted by atomic mass is 15.2. The normalized spacial score (nSPS) is 27.7. The van der Waals surface area contributed by atoms with Gasteiger partial charge in [-0.1, -0.05) is 32.6 Å². The Kier molecular flexibility index (Phi) is 5.79. The quantitative estimate of drug-likeness (QED) is 0.716. The Morgan fingerprint density at radius 3 is 2.59 bits per heavy atom. The van der Waals surface area contributed by atoms with Crippen LogP contribution in [0, 0.1) is 11.8 Å². The predicted molar refractivity (Wildman–Crippen MR) is 74.3 cm³/mol. The van der Waals surface area contributed by atoms with Crippen LogP contribution in [0.5, 0.6) is 0 Å². The molecule has 1 saturated heterocycles. The number of rotatable bonds is 6. The third-order valence-corrected chi connectivity index (χ3v) is 4.71. The molecular weight excluding hydrogens is 208 g/mol. The van der Waals surface area contributed by atoms with E-state index < -0.39 is 0 Å². The van der Waals surface area contributed by atoms with E-state index in [-0.39, 0.29) is 0 Å². The molecule has 2 rings (SSSR count). The zero-order chi connectivity index (χ0) is 11.9. The van der Waals surface area contributed by atoms with Crippen LogP contribution >= 0.6 is 0 Å². The molecule has 1 heterocycles. The molecular formula is C15H30N2. The monoisotopic (exact) mass is 238 g/mol. The number of hydrogen-bond donors (Lipinski definition) is 1. The van der Waals surface area contributed by atoms with Gasteiger partial charge in [-0.25, -0.2) is 0 Å². The fraction of sp³-hybridized carbons (Fsp3) is 1.00. The lowest BCUT2D eigenvalue weighted by atomic mass is 9.89. The lowest BCUT2D eigenvalue weighted by Crippen LogP contribution is -2.33. The first-order valence-electron chi connectivity index (χ1n) is 7.81. The van der Waals surface area contributed by atoms with Gasteiger partial charge in [0.05, 0.1) is 0 Å². The second kappa shape index (κ2) is 7.38. The molecule has 100 valence electrons. The van der Waals surface area contributed by atoms with E-state index in [1.54, 1.807) is 0 Å². The molecule has 2 heteroatoms. The third kappa shape index (κ3) is 4.59. The first kappa shape index (κ1) is 13.4. The number of hydrogen-bond acceptors (Lipinski definition) is 2. The average Bonchev–Trinajstić information content (AvgIpc) is 2.84. The SMILES string of the molecule is CCC1CCN(CCNCC2CCCCC2)C1. The maximum atomic E-state index is 3.67. The van der Waals surface area contributed by atoms with Gasteiger partial charge in [0.15, 0.2) is 0 Å². The van der Waals surface area contributed by atoms with Crippen LogP contribution in [0.2, 0.25) is 0 Å². The number of nitrogens with zero attached hydrogens (tertiary/aromatic N) is 1. The van der Waals surface area contributed by atoms with E-state index >= 15 is 0 Å². The molecule has 0 amide bonds. The van der Waals surface area contributed by atoms with E-state index in [4.69, 9.17) is 0 Å². The van der Waals surface area contributed by atoms with Crippen molar-refractivity contribution in [2.24, 2.45) is 11.8 Å². The lowest BCUT2D eigenvalue weighted by molar-refractivity contribution is 0.302. The molecule has 1 saturated carbocycles. The summed E-state index contributed by atoms with van der Waals surface area (Å²) in [6.45, 7) is 8.75. The summed E-state index contributed by atoms with van der Waals surface area (Å²) in [7, 11) is 0. The van der Waals surface area contributed by atoms with Crippen LogP contribution in [0.15, 0.2) is 0 Å². The summed E-state index contributed by atoms with van der Waals surface area (Å²) in [6.07, 6.45) is 10.1. The smallest absolute Gasteiger partial charge is 0.0107 e. The van der Waals surface area contributed by atoms with Crippen LogP contribution in [0.4, 0.5) is 0 Å². The highest BCUT2D eigenvalue weighted by Gasteiger charge is 2.20. The van der Waals surface area contributed by atoms with Gasteiger partial charge in [0.25, 0.3) is 0 Å². The Morgan fingerprint density at radius 1 is 1.06 bits per heavy atom. The zero-order valence-corrected chi connectivity index (χ0v) is 11.6. The predicted octanol–water partition coefficient (Wildman–Crippen LogP) is 2.89. The van der Waals surface area contributed by atoms with Crippen molar-refractivity contribution in [1.29, 1.82) is 0 Å². The first-order valence-corrected chi connectivity index (χ1v) is 7.81. The summed E-state index contributed by atoms with van der Waals surface area (Å²) in [4.78, 5) is 2.64. The van der Waals surface area contributed by atoms with Crippen molar-refractivity contribution in [3.63, 3.8) is 0 Å². The molecule has 0 spiro atoms. The molecule has 0 bridgehead atoms. The Balaban J connectivity index is 1.48. The van der Waals surface area contributed by atoms with Crippen LogP contribution < -0.4 is 5.32 Å². The average molecular weight is 238 g/mol. The van der Waals surface area contributed by atoms with Gasteiger partial charge in [0, 0.05) is 19.6 Å². The Hall–Kier alpha value is -0.0800. The minimum atomic E-state index is 0.978. The van der Waals surface area contributed by atoms with E-state index in [0.717, 1.165) is 11.8 Å². The van der Waals surface area contributed by atoms with Crippen LogP contribution in [0.1, 0.15) is 51.9 Å². The first-order chi connectivity index (χ1) is 8.38. The number of likely N-dealkylation sites (tertiary alicyclic amines) is 1. The van der Waals surface area contributed by atoms with E-state index in [0.29, 0.717) is 0 Å². The maximum Gasteiger partial charge on any atom is 0.0107 e. The van der Waals surface area contributed by atoms with E-state index in [9.17, 15) is 0 Å². The molecule has 1 N–H and O–H groups in total. The van der Waals surface area contributed by atoms with Gasteiger partial charge in [-0.3, -0.25) is 0 Å². The van der Waals surface area contributed by atoms with Crippen molar-refractivity contribution in [3.8, 4) is 0 Å². The summed E-state index contributed by atoms with van der Waals surface area (Å²) in [5, 5.41) is 3.67. The molecule has 1 atom stereocenters. The summed E-state index contributed by atoms with van der Waals surface area (Å²) < 4.78 is 0. The molecule has 2 fully saturated rings. The van der Waals surface area contributed by atoms with Gasteiger partial charge in [-0.2, -0.15) is 0 Å². The standard InChI is InChI=1S/C15H30N2/c1-2-14-8-10-17(13-14)11-9-16-12-15-6-4-3-5-7-15/h14-16H,2-13H2,1H3. The Bertz CT molecular complexity index is 199. The van der Waals surface area contributed by atoms with Gasteiger partial charge >= 0.3 is 0 Å². The molecule has 0 radical (unpaired) electrons. The topological polar surface area (TPSA) is 15.3 Å². The van der Waals surface area contributed by atoms with Crippen LogP contribution in [-0.4, -0.2) is 37.6 Å². The molecule has 1 aliphatic heterocycles. The van der Waals surface area contributed by atoms with Crippen molar-refractivity contribution in [1.82, 2.24) is 10.2 Å². The van der Waals surface area contributed by atoms with E-state index in [1.165, 1.54) is 77.7 Å². The van der Waals surface area contributed by atoms with E-state index in [2.05, 4.69) is 17.1 Å². The van der Waals surface area contributed by atoms with Crippen molar-refractivity contribution >= 4 is 0 Å². The molecule has 1 unspecified atom stereocenters. The maximum absolute atomic E-state index is 3.67. The van der Waals surface area contributed by atoms with Crippen LogP contribution in [0.3, 0.4) is 0 Å². The van der Waals surface area contributed by atoms with Crippen molar-refractivity contribution in [3.05, 3.63) is 0 Å². The third-order valence-electron chi connectivity index (χ3n) is 4.71. The lowest BCUT2D eigenvalue weighted by Gasteiger charge is -2.22. The fourth-order valence-electron chi connectivity index (χ4n) is 3.38. The zero-order valence-electron chi connectivity index (χ0n) is 11.6. The molecule has 0 aromatic heterocycles. The van der Waals surface area contributed by atoms with Gasteiger partial charge in [-0.15, -0.1) is 0 Å². The molecule has 0 aromatic carbocycles. The Morgan fingerprint density at radius 2 is 1.88 bits per heavy atom. The van der Waals surface area contributed by atoms with Gasteiger partial charge < -0.3 is 10.2 Å². The largest absolute Gasteiger partial charge is 0.315 e. The van der Waals surface area contributed by atoms with Crippen LogP contribution in [-0.2, 0) is 0 Å². The summed E-state index contributed by atoms with van der Waals surface area (Å²) in [5.74, 6) is 1.96. The molecule has 1 aliphatic carbocycles. The van der Waals surface area contributed by atoms with Crippen LogP contribution in [0.25, 0.3) is 0 Å². The highest BCUT2D eigenvalue weighted by molar-refractivity contribution is 4.75. The van der Waals surface area contributed by atoms with Crippen molar-refractivity contribution < 1.29 is 0 Å². The Labute approximate surface area is 107 Å². The molecule has 0 aromatic rings. The molecule has 2 aliphatic rings.